The van der Waals surface area contributed by atoms with Crippen LogP contribution >= 0.6 is 0 Å². The van der Waals surface area contributed by atoms with Crippen molar-refractivity contribution in [3.63, 3.8) is 0 Å². The lowest BCUT2D eigenvalue weighted by Crippen LogP contribution is -2.07. The first-order valence-corrected chi connectivity index (χ1v) is 12.7. The summed E-state index contributed by atoms with van der Waals surface area (Å²) in [5.74, 6) is 1.67. The van der Waals surface area contributed by atoms with E-state index in [9.17, 15) is 20.4 Å². The maximum atomic E-state index is 11.1. The van der Waals surface area contributed by atoms with Crippen LogP contribution in [0.5, 0.6) is 34.5 Å². The Bertz CT molecular complexity index is 1350. The van der Waals surface area contributed by atoms with Crippen molar-refractivity contribution < 1.29 is 29.9 Å². The average molecular weight is 515 g/mol. The van der Waals surface area contributed by atoms with Gasteiger partial charge >= 0.3 is 0 Å². The first-order chi connectivity index (χ1) is 18.4. The quantitative estimate of drug-likeness (QED) is 0.183. The number of aromatic hydroxyl groups is 4. The predicted octanol–water partition coefficient (Wildman–Crippen LogP) is 6.47. The fourth-order valence-corrected chi connectivity index (χ4v) is 4.88. The van der Waals surface area contributed by atoms with Crippen molar-refractivity contribution in [3.05, 3.63) is 107 Å². The molecule has 0 fully saturated rings. The van der Waals surface area contributed by atoms with Crippen molar-refractivity contribution in [2.45, 2.75) is 38.0 Å². The molecular weight excluding hydrogens is 480 g/mol. The van der Waals surface area contributed by atoms with Crippen molar-refractivity contribution in [2.75, 3.05) is 14.2 Å². The fourth-order valence-electron chi connectivity index (χ4n) is 4.88. The zero-order chi connectivity index (χ0) is 27.1. The molecule has 4 rings (SSSR count). The minimum absolute atomic E-state index is 0.108. The van der Waals surface area contributed by atoms with Gasteiger partial charge in [0.05, 0.1) is 14.2 Å². The summed E-state index contributed by atoms with van der Waals surface area (Å²) in [5, 5.41) is 40.4. The van der Waals surface area contributed by atoms with E-state index in [1.807, 2.05) is 36.4 Å². The molecule has 4 N–H and O–H groups in total. The Morgan fingerprint density at radius 2 is 1.16 bits per heavy atom. The van der Waals surface area contributed by atoms with Crippen LogP contribution in [-0.4, -0.2) is 34.6 Å². The van der Waals surface area contributed by atoms with E-state index in [0.29, 0.717) is 24.3 Å². The van der Waals surface area contributed by atoms with Crippen LogP contribution in [0.3, 0.4) is 0 Å². The number of methoxy groups -OCH3 is 2. The Hall–Kier alpha value is -4.32. The SMILES string of the molecule is COc1cc(O)c(C(CCc2ccc(O)cc2)c2ccc(O)cc2OC)cc1CCCc1ccc(O)cc1. The third-order valence-electron chi connectivity index (χ3n) is 6.90. The second-order valence-electron chi connectivity index (χ2n) is 9.43. The van der Waals surface area contributed by atoms with Gasteiger partial charge in [0, 0.05) is 29.2 Å². The molecular formula is C32H34O6. The molecule has 0 aliphatic rings. The second-order valence-corrected chi connectivity index (χ2v) is 9.43. The summed E-state index contributed by atoms with van der Waals surface area (Å²) in [4.78, 5) is 0. The molecule has 0 amide bonds. The molecule has 0 heterocycles. The van der Waals surface area contributed by atoms with Gasteiger partial charge in [0.2, 0.25) is 0 Å². The molecule has 6 heteroatoms. The average Bonchev–Trinajstić information content (AvgIpc) is 2.92. The summed E-state index contributed by atoms with van der Waals surface area (Å²) in [6.07, 6.45) is 3.83. The van der Waals surface area contributed by atoms with Gasteiger partial charge in [-0.25, -0.2) is 0 Å². The molecule has 0 aliphatic heterocycles. The number of benzene rings is 4. The van der Waals surface area contributed by atoms with Gasteiger partial charge in [0.15, 0.2) is 0 Å². The molecule has 0 radical (unpaired) electrons. The van der Waals surface area contributed by atoms with E-state index < -0.39 is 0 Å². The lowest BCUT2D eigenvalue weighted by molar-refractivity contribution is 0.395. The van der Waals surface area contributed by atoms with Crippen LogP contribution in [-0.2, 0) is 19.3 Å². The fraction of sp³-hybridized carbons (Fsp3) is 0.250. The molecule has 0 spiro atoms. The van der Waals surface area contributed by atoms with Crippen molar-refractivity contribution in [1.82, 2.24) is 0 Å². The number of rotatable bonds is 11. The van der Waals surface area contributed by atoms with E-state index in [1.165, 1.54) is 0 Å². The highest BCUT2D eigenvalue weighted by molar-refractivity contribution is 5.53. The Labute approximate surface area is 223 Å². The van der Waals surface area contributed by atoms with Crippen molar-refractivity contribution in [3.8, 4) is 34.5 Å². The summed E-state index contributed by atoms with van der Waals surface area (Å²) in [6.45, 7) is 0. The molecule has 4 aromatic carbocycles. The normalized spacial score (nSPS) is 11.7. The first-order valence-electron chi connectivity index (χ1n) is 12.7. The lowest BCUT2D eigenvalue weighted by Gasteiger charge is -2.23. The molecule has 0 aliphatic carbocycles. The van der Waals surface area contributed by atoms with E-state index in [2.05, 4.69) is 0 Å². The van der Waals surface area contributed by atoms with E-state index in [0.717, 1.165) is 47.1 Å². The highest BCUT2D eigenvalue weighted by atomic mass is 16.5. The number of ether oxygens (including phenoxy) is 2. The molecule has 1 atom stereocenters. The van der Waals surface area contributed by atoms with Gasteiger partial charge in [-0.1, -0.05) is 30.3 Å². The molecule has 0 aromatic heterocycles. The molecule has 0 saturated carbocycles. The van der Waals surface area contributed by atoms with Gasteiger partial charge in [-0.2, -0.15) is 0 Å². The topological polar surface area (TPSA) is 99.4 Å². The van der Waals surface area contributed by atoms with Crippen LogP contribution in [0.1, 0.15) is 46.6 Å². The van der Waals surface area contributed by atoms with Gasteiger partial charge in [-0.05, 0) is 85.2 Å². The molecule has 198 valence electrons. The smallest absolute Gasteiger partial charge is 0.126 e. The predicted molar refractivity (Wildman–Crippen MR) is 148 cm³/mol. The second kappa shape index (κ2) is 12.3. The van der Waals surface area contributed by atoms with Crippen molar-refractivity contribution in [2.24, 2.45) is 0 Å². The third-order valence-corrected chi connectivity index (χ3v) is 6.90. The molecule has 0 saturated heterocycles. The van der Waals surface area contributed by atoms with Crippen LogP contribution in [0.4, 0.5) is 0 Å². The Kier molecular flexibility index (Phi) is 8.64. The zero-order valence-electron chi connectivity index (χ0n) is 21.7. The molecule has 1 unspecified atom stereocenters. The molecule has 0 bridgehead atoms. The standard InChI is InChI=1S/C32H34O6/c1-37-31-20-30(36)29(18-23(31)5-3-4-21-6-11-24(33)12-7-21)27(16-10-22-8-13-25(34)14-9-22)28-17-15-26(35)19-32(28)38-2/h6-9,11-15,17-20,27,33-36H,3-5,10,16H2,1-2H3. The largest absolute Gasteiger partial charge is 0.508 e. The van der Waals surface area contributed by atoms with E-state index in [-0.39, 0.29) is 28.9 Å². The molecule has 4 aromatic rings. The minimum atomic E-state index is -0.221. The molecule has 38 heavy (non-hydrogen) atoms. The van der Waals surface area contributed by atoms with Crippen LogP contribution in [0.2, 0.25) is 0 Å². The van der Waals surface area contributed by atoms with Crippen LogP contribution in [0.25, 0.3) is 0 Å². The van der Waals surface area contributed by atoms with Gasteiger partial charge in [0.1, 0.15) is 34.5 Å². The Morgan fingerprint density at radius 1 is 0.579 bits per heavy atom. The van der Waals surface area contributed by atoms with Gasteiger partial charge in [-0.15, -0.1) is 0 Å². The van der Waals surface area contributed by atoms with Crippen LogP contribution in [0.15, 0.2) is 78.9 Å². The summed E-state index contributed by atoms with van der Waals surface area (Å²) < 4.78 is 11.2. The van der Waals surface area contributed by atoms with Crippen molar-refractivity contribution >= 4 is 0 Å². The van der Waals surface area contributed by atoms with Gasteiger partial charge in [0.25, 0.3) is 0 Å². The van der Waals surface area contributed by atoms with Crippen LogP contribution < -0.4 is 9.47 Å². The van der Waals surface area contributed by atoms with Crippen LogP contribution in [0, 0.1) is 0 Å². The maximum Gasteiger partial charge on any atom is 0.126 e. The highest BCUT2D eigenvalue weighted by Gasteiger charge is 2.24. The van der Waals surface area contributed by atoms with E-state index in [1.54, 1.807) is 56.7 Å². The number of aryl methyl sites for hydroxylation is 3. The highest BCUT2D eigenvalue weighted by Crippen LogP contribution is 2.43. The number of hydrogen-bond donors (Lipinski definition) is 4. The van der Waals surface area contributed by atoms with Gasteiger partial charge in [-0.3, -0.25) is 0 Å². The Morgan fingerprint density at radius 3 is 1.76 bits per heavy atom. The minimum Gasteiger partial charge on any atom is -0.508 e. The summed E-state index contributed by atoms with van der Waals surface area (Å²) in [6, 6.07) is 23.1. The lowest BCUT2D eigenvalue weighted by atomic mass is 9.84. The zero-order valence-corrected chi connectivity index (χ0v) is 21.7. The van der Waals surface area contributed by atoms with Crippen molar-refractivity contribution in [1.29, 1.82) is 0 Å². The van der Waals surface area contributed by atoms with E-state index >= 15 is 0 Å². The number of phenolic OH excluding ortho intramolecular Hbond substituents is 4. The molecule has 6 nitrogen and oxygen atoms in total. The van der Waals surface area contributed by atoms with E-state index in [4.69, 9.17) is 9.47 Å². The number of phenols is 4. The first kappa shape index (κ1) is 26.7. The summed E-state index contributed by atoms with van der Waals surface area (Å²) >= 11 is 0. The third kappa shape index (κ3) is 6.51. The monoisotopic (exact) mass is 514 g/mol. The summed E-state index contributed by atoms with van der Waals surface area (Å²) in [7, 11) is 3.17. The van der Waals surface area contributed by atoms with Gasteiger partial charge < -0.3 is 29.9 Å². The Balaban J connectivity index is 1.66. The maximum absolute atomic E-state index is 11.1. The summed E-state index contributed by atoms with van der Waals surface area (Å²) in [5.41, 5.74) is 4.81. The number of hydrogen-bond acceptors (Lipinski definition) is 6.